The van der Waals surface area contributed by atoms with Crippen LogP contribution in [0.15, 0.2) is 18.2 Å². The Balaban J connectivity index is 1.89. The normalized spacial score (nSPS) is 14.1. The van der Waals surface area contributed by atoms with Gasteiger partial charge in [-0.3, -0.25) is 24.1 Å². The fourth-order valence-electron chi connectivity index (χ4n) is 2.68. The molecule has 1 aliphatic heterocycles. The lowest BCUT2D eigenvalue weighted by Crippen LogP contribution is -2.43. The quantitative estimate of drug-likeness (QED) is 0.530. The Kier molecular flexibility index (Phi) is 6.50. The number of amides is 6. The number of carbonyl (C=O) groups excluding carboxylic acids is 5. The molecule has 0 unspecified atom stereocenters. The van der Waals surface area contributed by atoms with Crippen LogP contribution in [0.1, 0.15) is 25.0 Å². The lowest BCUT2D eigenvalue weighted by molar-refractivity contribution is -0.144. The predicted molar refractivity (Wildman–Crippen MR) is 101 cm³/mol. The average Bonchev–Trinajstić information content (AvgIpc) is 2.81. The maximum absolute atomic E-state index is 12.2. The van der Waals surface area contributed by atoms with Gasteiger partial charge in [-0.25, -0.2) is 9.69 Å². The Morgan fingerprint density at radius 2 is 1.64 bits per heavy atom. The summed E-state index contributed by atoms with van der Waals surface area (Å²) in [5.41, 5.74) is 2.57. The predicted octanol–water partition coefficient (Wildman–Crippen LogP) is 0.805. The van der Waals surface area contributed by atoms with Gasteiger partial charge in [0.15, 0.2) is 0 Å². The van der Waals surface area contributed by atoms with E-state index in [-0.39, 0.29) is 19.0 Å². The van der Waals surface area contributed by atoms with Crippen LogP contribution in [-0.4, -0.2) is 59.1 Å². The second kappa shape index (κ2) is 8.64. The van der Waals surface area contributed by atoms with Gasteiger partial charge in [0.2, 0.25) is 11.8 Å². The second-order valence-corrected chi connectivity index (χ2v) is 7.06. The number of hydrogen-bond donors (Lipinski definition) is 2. The lowest BCUT2D eigenvalue weighted by atomic mass is 10.1. The first-order valence-electron chi connectivity index (χ1n) is 8.92. The molecule has 0 spiro atoms. The monoisotopic (exact) mass is 388 g/mol. The van der Waals surface area contributed by atoms with E-state index in [9.17, 15) is 24.0 Å². The molecule has 1 saturated heterocycles. The molecule has 1 aliphatic rings. The number of benzene rings is 1. The minimum absolute atomic E-state index is 0.0109. The second-order valence-electron chi connectivity index (χ2n) is 7.06. The molecule has 6 amide bonds. The van der Waals surface area contributed by atoms with E-state index in [1.807, 2.05) is 19.9 Å². The molecule has 9 heteroatoms. The van der Waals surface area contributed by atoms with E-state index in [0.29, 0.717) is 10.6 Å². The van der Waals surface area contributed by atoms with E-state index in [1.54, 1.807) is 26.0 Å². The number of hydrogen-bond acceptors (Lipinski definition) is 5. The molecule has 1 heterocycles. The number of aryl methyl sites for hydroxylation is 1. The molecule has 1 aromatic carbocycles. The van der Waals surface area contributed by atoms with E-state index in [2.05, 4.69) is 10.6 Å². The molecule has 0 saturated carbocycles. The Labute approximate surface area is 163 Å². The molecule has 1 aromatic rings. The highest BCUT2D eigenvalue weighted by molar-refractivity contribution is 6.45. The zero-order chi connectivity index (χ0) is 21.0. The smallest absolute Gasteiger partial charge is 0.334 e. The summed E-state index contributed by atoms with van der Waals surface area (Å²) in [4.78, 5) is 61.5. The van der Waals surface area contributed by atoms with Crippen LogP contribution >= 0.6 is 0 Å². The summed E-state index contributed by atoms with van der Waals surface area (Å²) in [5.74, 6) is -3.15. The van der Waals surface area contributed by atoms with Crippen LogP contribution in [0.2, 0.25) is 0 Å². The summed E-state index contributed by atoms with van der Waals surface area (Å²) in [7, 11) is 0. The van der Waals surface area contributed by atoms with Gasteiger partial charge in [0, 0.05) is 12.2 Å². The van der Waals surface area contributed by atoms with Gasteiger partial charge in [-0.05, 0) is 37.0 Å². The van der Waals surface area contributed by atoms with Crippen molar-refractivity contribution in [1.82, 2.24) is 15.1 Å². The van der Waals surface area contributed by atoms with Crippen molar-refractivity contribution in [3.63, 3.8) is 0 Å². The highest BCUT2D eigenvalue weighted by atomic mass is 16.2. The number of anilines is 1. The zero-order valence-electron chi connectivity index (χ0n) is 16.4. The molecule has 9 nitrogen and oxygen atoms in total. The molecular formula is C19H24N4O5. The molecule has 2 rings (SSSR count). The summed E-state index contributed by atoms with van der Waals surface area (Å²) in [6.07, 6.45) is 0. The first kappa shape index (κ1) is 21.1. The molecular weight excluding hydrogens is 364 g/mol. The van der Waals surface area contributed by atoms with Gasteiger partial charge in [-0.1, -0.05) is 26.0 Å². The maximum atomic E-state index is 12.2. The minimum atomic E-state index is -1.04. The van der Waals surface area contributed by atoms with Crippen molar-refractivity contribution in [2.75, 3.05) is 25.0 Å². The largest absolute Gasteiger partial charge is 0.345 e. The topological polar surface area (TPSA) is 116 Å². The minimum Gasteiger partial charge on any atom is -0.345 e. The third-order valence-electron chi connectivity index (χ3n) is 4.31. The van der Waals surface area contributed by atoms with Crippen molar-refractivity contribution in [3.8, 4) is 0 Å². The van der Waals surface area contributed by atoms with Crippen LogP contribution in [0.25, 0.3) is 0 Å². The van der Waals surface area contributed by atoms with Crippen LogP contribution in [0, 0.1) is 19.8 Å². The number of nitrogens with one attached hydrogen (secondary N) is 2. The number of urea groups is 1. The van der Waals surface area contributed by atoms with Gasteiger partial charge in [-0.15, -0.1) is 0 Å². The van der Waals surface area contributed by atoms with Crippen molar-refractivity contribution >= 4 is 35.3 Å². The summed E-state index contributed by atoms with van der Waals surface area (Å²) >= 11 is 0. The number of rotatable bonds is 7. The molecule has 1 fully saturated rings. The Bertz CT molecular complexity index is 834. The Morgan fingerprint density at radius 1 is 1.00 bits per heavy atom. The third kappa shape index (κ3) is 4.73. The summed E-state index contributed by atoms with van der Waals surface area (Å²) in [6, 6.07) is 4.65. The molecule has 2 N–H and O–H groups in total. The highest BCUT2D eigenvalue weighted by Crippen LogP contribution is 2.17. The Hall–Kier alpha value is -3.23. The first-order valence-corrected chi connectivity index (χ1v) is 8.92. The molecule has 0 aliphatic carbocycles. The Morgan fingerprint density at radius 3 is 2.29 bits per heavy atom. The lowest BCUT2D eigenvalue weighted by Gasteiger charge is -2.16. The number of imide groups is 2. The van der Waals surface area contributed by atoms with Gasteiger partial charge in [0.05, 0.1) is 6.54 Å². The molecule has 0 aromatic heterocycles. The van der Waals surface area contributed by atoms with Crippen molar-refractivity contribution in [2.45, 2.75) is 27.7 Å². The summed E-state index contributed by atoms with van der Waals surface area (Å²) < 4.78 is 0. The van der Waals surface area contributed by atoms with E-state index in [0.717, 1.165) is 16.0 Å². The van der Waals surface area contributed by atoms with Crippen LogP contribution in [0.4, 0.5) is 10.5 Å². The van der Waals surface area contributed by atoms with Crippen molar-refractivity contribution in [1.29, 1.82) is 0 Å². The van der Waals surface area contributed by atoms with Gasteiger partial charge in [0.25, 0.3) is 0 Å². The van der Waals surface area contributed by atoms with Crippen LogP contribution in [-0.2, 0) is 19.2 Å². The molecule has 0 atom stereocenters. The van der Waals surface area contributed by atoms with Gasteiger partial charge in [-0.2, -0.15) is 0 Å². The number of nitrogens with zero attached hydrogens (tertiary/aromatic N) is 2. The van der Waals surface area contributed by atoms with Crippen molar-refractivity contribution in [2.24, 2.45) is 5.92 Å². The molecule has 0 bridgehead atoms. The van der Waals surface area contributed by atoms with Crippen molar-refractivity contribution in [3.05, 3.63) is 29.3 Å². The van der Waals surface area contributed by atoms with Crippen LogP contribution < -0.4 is 10.6 Å². The summed E-state index contributed by atoms with van der Waals surface area (Å²) in [6.45, 7) is 6.54. The first-order chi connectivity index (χ1) is 13.1. The fraction of sp³-hybridized carbons (Fsp3) is 0.421. The summed E-state index contributed by atoms with van der Waals surface area (Å²) in [5, 5.41) is 5.04. The molecule has 150 valence electrons. The van der Waals surface area contributed by atoms with E-state index in [4.69, 9.17) is 0 Å². The SMILES string of the molecule is Cc1cccc(NC(=O)CNC(=O)CN2C(=O)C(=O)N(CC(C)C)C2=O)c1C. The van der Waals surface area contributed by atoms with Gasteiger partial charge in [0.1, 0.15) is 6.54 Å². The third-order valence-corrected chi connectivity index (χ3v) is 4.31. The standard InChI is InChI=1S/C19H24N4O5/c1-11(2)9-22-17(26)18(27)23(19(22)28)10-16(25)20-8-15(24)21-14-7-5-6-12(3)13(14)4/h5-7,11H,8-10H2,1-4H3,(H,20,25)(H,21,24). The van der Waals surface area contributed by atoms with Crippen LogP contribution in [0.3, 0.4) is 0 Å². The van der Waals surface area contributed by atoms with Crippen molar-refractivity contribution < 1.29 is 24.0 Å². The van der Waals surface area contributed by atoms with E-state index < -0.39 is 36.2 Å². The number of carbonyl (C=O) groups is 5. The highest BCUT2D eigenvalue weighted by Gasteiger charge is 2.45. The van der Waals surface area contributed by atoms with Gasteiger partial charge >= 0.3 is 17.8 Å². The zero-order valence-corrected chi connectivity index (χ0v) is 16.4. The molecule has 28 heavy (non-hydrogen) atoms. The molecule has 0 radical (unpaired) electrons. The fourth-order valence-corrected chi connectivity index (χ4v) is 2.68. The van der Waals surface area contributed by atoms with Gasteiger partial charge < -0.3 is 10.6 Å². The van der Waals surface area contributed by atoms with Crippen LogP contribution in [0.5, 0.6) is 0 Å². The van der Waals surface area contributed by atoms with E-state index >= 15 is 0 Å². The maximum Gasteiger partial charge on any atom is 0.334 e. The average molecular weight is 388 g/mol. The van der Waals surface area contributed by atoms with E-state index in [1.165, 1.54) is 0 Å².